The summed E-state index contributed by atoms with van der Waals surface area (Å²) in [5, 5.41) is 1.41. The molecule has 156 valence electrons. The van der Waals surface area contributed by atoms with Gasteiger partial charge >= 0.3 is 0 Å². The molecule has 0 N–H and O–H groups in total. The van der Waals surface area contributed by atoms with Gasteiger partial charge in [-0.05, 0) is 25.0 Å². The van der Waals surface area contributed by atoms with Crippen LogP contribution in [0.4, 0.5) is 0 Å². The quantitative estimate of drug-likeness (QED) is 0.328. The van der Waals surface area contributed by atoms with Crippen LogP contribution in [0, 0.1) is 0 Å². The van der Waals surface area contributed by atoms with Crippen molar-refractivity contribution in [3.8, 4) is 22.5 Å². The monoisotopic (exact) mass is 438 g/mol. The SMILES string of the molecule is O=CC1(c2nc(-c3ccc4ccc(-c5ccccc5)nc4c3)c3c(Cl)nccn23)CCC1. The van der Waals surface area contributed by atoms with E-state index in [0.717, 1.165) is 70.3 Å². The fourth-order valence-corrected chi connectivity index (χ4v) is 4.78. The van der Waals surface area contributed by atoms with Crippen LogP contribution in [0.1, 0.15) is 25.1 Å². The normalized spacial score (nSPS) is 15.0. The lowest BCUT2D eigenvalue weighted by Crippen LogP contribution is -2.37. The van der Waals surface area contributed by atoms with Crippen molar-refractivity contribution in [3.63, 3.8) is 0 Å². The molecule has 6 rings (SSSR count). The van der Waals surface area contributed by atoms with Crippen molar-refractivity contribution >= 4 is 34.3 Å². The second kappa shape index (κ2) is 7.24. The van der Waals surface area contributed by atoms with Crippen LogP contribution < -0.4 is 0 Å². The van der Waals surface area contributed by atoms with Gasteiger partial charge in [0.1, 0.15) is 17.6 Å². The highest BCUT2D eigenvalue weighted by atomic mass is 35.5. The number of imidazole rings is 1. The Labute approximate surface area is 189 Å². The summed E-state index contributed by atoms with van der Waals surface area (Å²) in [6, 6.07) is 20.3. The van der Waals surface area contributed by atoms with Gasteiger partial charge in [0.15, 0.2) is 5.15 Å². The Morgan fingerprint density at radius 3 is 2.53 bits per heavy atom. The van der Waals surface area contributed by atoms with Crippen LogP contribution in [0.15, 0.2) is 73.1 Å². The minimum atomic E-state index is -0.554. The van der Waals surface area contributed by atoms with Gasteiger partial charge in [0, 0.05) is 28.9 Å². The summed E-state index contributed by atoms with van der Waals surface area (Å²) >= 11 is 6.53. The first kappa shape index (κ1) is 19.1. The topological polar surface area (TPSA) is 60.2 Å². The highest BCUT2D eigenvalue weighted by Crippen LogP contribution is 2.43. The van der Waals surface area contributed by atoms with Crippen molar-refractivity contribution in [1.82, 2.24) is 19.4 Å². The summed E-state index contributed by atoms with van der Waals surface area (Å²) in [5.74, 6) is 0.735. The van der Waals surface area contributed by atoms with E-state index in [2.05, 4.69) is 23.2 Å². The van der Waals surface area contributed by atoms with E-state index in [1.54, 1.807) is 6.20 Å². The molecule has 3 aromatic heterocycles. The second-order valence-corrected chi connectivity index (χ2v) is 8.68. The van der Waals surface area contributed by atoms with E-state index in [0.29, 0.717) is 5.15 Å². The van der Waals surface area contributed by atoms with Crippen molar-refractivity contribution in [2.75, 3.05) is 0 Å². The van der Waals surface area contributed by atoms with Gasteiger partial charge < -0.3 is 4.79 Å². The van der Waals surface area contributed by atoms with Crippen molar-refractivity contribution < 1.29 is 4.79 Å². The van der Waals surface area contributed by atoms with E-state index in [1.807, 2.05) is 53.1 Å². The molecule has 1 aliphatic carbocycles. The van der Waals surface area contributed by atoms with Gasteiger partial charge in [-0.25, -0.2) is 15.0 Å². The zero-order valence-corrected chi connectivity index (χ0v) is 18.0. The molecule has 0 spiro atoms. The molecule has 1 fully saturated rings. The number of fused-ring (bicyclic) bond motifs is 2. The molecule has 32 heavy (non-hydrogen) atoms. The summed E-state index contributed by atoms with van der Waals surface area (Å²) in [5.41, 5.74) is 4.64. The number of hydrogen-bond donors (Lipinski definition) is 0. The Morgan fingerprint density at radius 1 is 0.969 bits per heavy atom. The van der Waals surface area contributed by atoms with Gasteiger partial charge in [0.2, 0.25) is 0 Å². The van der Waals surface area contributed by atoms with E-state index < -0.39 is 5.41 Å². The van der Waals surface area contributed by atoms with Gasteiger partial charge in [-0.15, -0.1) is 0 Å². The van der Waals surface area contributed by atoms with Crippen molar-refractivity contribution in [3.05, 3.63) is 84.0 Å². The number of benzene rings is 2. The highest BCUT2D eigenvalue weighted by molar-refractivity contribution is 6.33. The van der Waals surface area contributed by atoms with E-state index in [-0.39, 0.29) is 0 Å². The molecule has 0 amide bonds. The molecule has 5 nitrogen and oxygen atoms in total. The molecule has 6 heteroatoms. The molecule has 0 unspecified atom stereocenters. The first-order chi connectivity index (χ1) is 15.7. The molecule has 0 saturated heterocycles. The van der Waals surface area contributed by atoms with Crippen LogP contribution in [0.5, 0.6) is 0 Å². The number of halogens is 1. The van der Waals surface area contributed by atoms with Crippen molar-refractivity contribution in [2.45, 2.75) is 24.7 Å². The fourth-order valence-electron chi connectivity index (χ4n) is 4.54. The first-order valence-corrected chi connectivity index (χ1v) is 11.0. The zero-order valence-electron chi connectivity index (χ0n) is 17.2. The third-order valence-corrected chi connectivity index (χ3v) is 6.74. The summed E-state index contributed by atoms with van der Waals surface area (Å²) in [6.45, 7) is 0. The number of carbonyl (C=O) groups excluding carboxylic acids is 1. The molecule has 0 aliphatic heterocycles. The number of nitrogens with zero attached hydrogens (tertiary/aromatic N) is 4. The van der Waals surface area contributed by atoms with E-state index in [1.165, 1.54) is 0 Å². The third-order valence-electron chi connectivity index (χ3n) is 6.46. The number of pyridine rings is 1. The number of rotatable bonds is 4. The maximum atomic E-state index is 12.0. The van der Waals surface area contributed by atoms with Crippen molar-refractivity contribution in [1.29, 1.82) is 0 Å². The Morgan fingerprint density at radius 2 is 1.78 bits per heavy atom. The Balaban J connectivity index is 1.56. The molecule has 3 heterocycles. The standard InChI is InChI=1S/C26H19ClN4O/c27-24-23-22(30-25(31(23)14-13-28-24)26(16-32)11-4-12-26)19-8-7-18-9-10-20(29-21(18)15-19)17-5-2-1-3-6-17/h1-3,5-10,13-16H,4,11-12H2. The molecule has 5 aromatic rings. The lowest BCUT2D eigenvalue weighted by atomic mass is 9.69. The predicted octanol–water partition coefficient (Wildman–Crippen LogP) is 5.89. The third kappa shape index (κ3) is 2.85. The molecular weight excluding hydrogens is 420 g/mol. The largest absolute Gasteiger partial charge is 0.302 e. The molecule has 0 radical (unpaired) electrons. The Kier molecular flexibility index (Phi) is 4.33. The Hall–Kier alpha value is -3.57. The molecule has 1 saturated carbocycles. The van der Waals surface area contributed by atoms with Crippen LogP contribution in [0.3, 0.4) is 0 Å². The predicted molar refractivity (Wildman–Crippen MR) is 126 cm³/mol. The highest BCUT2D eigenvalue weighted by Gasteiger charge is 2.43. The first-order valence-electron chi connectivity index (χ1n) is 10.6. The average Bonchev–Trinajstić information content (AvgIpc) is 3.20. The zero-order chi connectivity index (χ0) is 21.7. The van der Waals surface area contributed by atoms with E-state index in [4.69, 9.17) is 21.6 Å². The van der Waals surface area contributed by atoms with Gasteiger partial charge in [-0.1, -0.05) is 66.6 Å². The average molecular weight is 439 g/mol. The van der Waals surface area contributed by atoms with Crippen molar-refractivity contribution in [2.24, 2.45) is 0 Å². The van der Waals surface area contributed by atoms with Gasteiger partial charge in [-0.3, -0.25) is 4.40 Å². The molecular formula is C26H19ClN4O. The summed E-state index contributed by atoms with van der Waals surface area (Å²) in [6.07, 6.45) is 7.14. The van der Waals surface area contributed by atoms with Crippen LogP contribution in [-0.2, 0) is 10.2 Å². The molecule has 0 bridgehead atoms. The Bertz CT molecular complexity index is 1490. The van der Waals surface area contributed by atoms with E-state index in [9.17, 15) is 4.79 Å². The van der Waals surface area contributed by atoms with E-state index >= 15 is 0 Å². The number of aldehydes is 1. The minimum Gasteiger partial charge on any atom is -0.302 e. The second-order valence-electron chi connectivity index (χ2n) is 8.32. The number of hydrogen-bond acceptors (Lipinski definition) is 4. The van der Waals surface area contributed by atoms with Crippen LogP contribution in [-0.4, -0.2) is 25.6 Å². The van der Waals surface area contributed by atoms with Gasteiger partial charge in [-0.2, -0.15) is 0 Å². The fraction of sp³-hybridized carbons (Fsp3) is 0.154. The number of aromatic nitrogens is 4. The maximum absolute atomic E-state index is 12.0. The molecule has 1 aliphatic rings. The minimum absolute atomic E-state index is 0.368. The van der Waals surface area contributed by atoms with Crippen LogP contribution >= 0.6 is 11.6 Å². The number of carbonyl (C=O) groups is 1. The lowest BCUT2D eigenvalue weighted by Gasteiger charge is -2.35. The van der Waals surface area contributed by atoms with Crippen LogP contribution in [0.2, 0.25) is 5.15 Å². The van der Waals surface area contributed by atoms with Gasteiger partial charge in [0.25, 0.3) is 0 Å². The summed E-state index contributed by atoms with van der Waals surface area (Å²) < 4.78 is 1.93. The molecule has 0 atom stereocenters. The summed E-state index contributed by atoms with van der Waals surface area (Å²) in [7, 11) is 0. The lowest BCUT2D eigenvalue weighted by molar-refractivity contribution is -0.115. The maximum Gasteiger partial charge on any atom is 0.155 e. The van der Waals surface area contributed by atoms with Gasteiger partial charge in [0.05, 0.1) is 22.3 Å². The molecule has 2 aromatic carbocycles. The van der Waals surface area contributed by atoms with Crippen LogP contribution in [0.25, 0.3) is 38.9 Å². The summed E-state index contributed by atoms with van der Waals surface area (Å²) in [4.78, 5) is 26.1. The smallest absolute Gasteiger partial charge is 0.155 e.